The summed E-state index contributed by atoms with van der Waals surface area (Å²) in [4.78, 5) is 17.8. The van der Waals surface area contributed by atoms with Crippen LogP contribution in [0.2, 0.25) is 0 Å². The summed E-state index contributed by atoms with van der Waals surface area (Å²) in [7, 11) is 9.75. The summed E-state index contributed by atoms with van der Waals surface area (Å²) in [5.74, 6) is 0.892. The second-order valence-corrected chi connectivity index (χ2v) is 9.59. The number of rotatable bonds is 0. The monoisotopic (exact) mass is 551 g/mol. The van der Waals surface area contributed by atoms with Crippen molar-refractivity contribution in [2.24, 2.45) is 23.5 Å². The van der Waals surface area contributed by atoms with Crippen LogP contribution in [0, 0.1) is 17.8 Å². The van der Waals surface area contributed by atoms with E-state index in [4.69, 9.17) is 44.4 Å². The van der Waals surface area contributed by atoms with Crippen LogP contribution in [0.4, 0.5) is 0 Å². The second-order valence-electron chi connectivity index (χ2n) is 6.31. The molecule has 4 saturated carbocycles. The van der Waals surface area contributed by atoms with E-state index in [-0.39, 0.29) is 6.15 Å². The van der Waals surface area contributed by atoms with Crippen molar-refractivity contribution in [3.63, 3.8) is 0 Å². The van der Waals surface area contributed by atoms with Crippen LogP contribution in [0.3, 0.4) is 0 Å². The molecule has 0 aromatic heterocycles. The van der Waals surface area contributed by atoms with Gasteiger partial charge in [-0.25, -0.2) is 0 Å². The average Bonchev–Trinajstić information content (AvgIpc) is 2.23. The number of nitrogens with two attached hydrogens (primary N) is 1. The Morgan fingerprint density at radius 2 is 1.13 bits per heavy atom. The number of carboxylic acids is 2. The van der Waals surface area contributed by atoms with Crippen molar-refractivity contribution in [2.45, 2.75) is 57.9 Å². The quantitative estimate of drug-likeness (QED) is 0.459. The van der Waals surface area contributed by atoms with Gasteiger partial charge in [-0.3, -0.25) is 0 Å². The minimum atomic E-state index is -1.08. The van der Waals surface area contributed by atoms with Gasteiger partial charge in [-0.2, -0.15) is 0 Å². The van der Waals surface area contributed by atoms with E-state index in [0.717, 1.165) is 31.6 Å². The molecule has 4 fully saturated rings. The molecule has 140 valence electrons. The van der Waals surface area contributed by atoms with E-state index in [1.807, 2.05) is 0 Å². The molecule has 0 saturated heterocycles. The normalized spacial score (nSPS) is 32.0. The first kappa shape index (κ1) is 25.4. The molecular weight excluding hydrogens is 526 g/mol. The first-order valence-corrected chi connectivity index (χ1v) is 12.7. The van der Waals surface area contributed by atoms with Gasteiger partial charge in [0.05, 0.1) is 0 Å². The molecule has 0 aliphatic heterocycles. The molecule has 5 N–H and O–H groups in total. The molecule has 9 heteroatoms. The van der Waals surface area contributed by atoms with E-state index >= 15 is 0 Å². The SMILES string of the molecule is CC(=O)[O-].CC(=O)[O-].N.NC12CC3CC(CC(C3)C1)C2.[Cl][Pt+2][Cl]. The number of carbonyl (C=O) groups excluding carboxylic acids is 2. The fraction of sp³-hybridized carbons (Fsp3) is 0.857. The second kappa shape index (κ2) is 12.5. The Morgan fingerprint density at radius 1 is 0.957 bits per heavy atom. The Morgan fingerprint density at radius 3 is 1.26 bits per heavy atom. The fourth-order valence-electron chi connectivity index (χ4n) is 4.18. The zero-order valence-electron chi connectivity index (χ0n) is 13.5. The fourth-order valence-corrected chi connectivity index (χ4v) is 4.18. The number of aliphatic carboxylic acids is 2. The van der Waals surface area contributed by atoms with Crippen LogP contribution in [-0.2, 0) is 26.1 Å². The summed E-state index contributed by atoms with van der Waals surface area (Å²) in [6.45, 7) is 1.94. The maximum atomic E-state index is 8.89. The zero-order valence-corrected chi connectivity index (χ0v) is 17.2. The molecule has 0 unspecified atom stereocenters. The van der Waals surface area contributed by atoms with Gasteiger partial charge in [0.15, 0.2) is 0 Å². The molecule has 6 nitrogen and oxygen atoms in total. The summed E-state index contributed by atoms with van der Waals surface area (Å²) in [6, 6.07) is 0. The van der Waals surface area contributed by atoms with E-state index in [2.05, 4.69) is 0 Å². The van der Waals surface area contributed by atoms with Gasteiger partial charge in [0.1, 0.15) is 0 Å². The van der Waals surface area contributed by atoms with Crippen molar-refractivity contribution in [2.75, 3.05) is 0 Å². The molecule has 4 rings (SSSR count). The van der Waals surface area contributed by atoms with Gasteiger partial charge in [0, 0.05) is 17.5 Å². The number of hydrogen-bond donors (Lipinski definition) is 2. The van der Waals surface area contributed by atoms with E-state index in [1.54, 1.807) is 0 Å². The predicted octanol–water partition coefficient (Wildman–Crippen LogP) is 0.965. The van der Waals surface area contributed by atoms with Gasteiger partial charge in [-0.05, 0) is 70.1 Å². The molecular formula is C14H26Cl2N2O4Pt. The van der Waals surface area contributed by atoms with Gasteiger partial charge in [-0.1, -0.05) is 0 Å². The number of carboxylic acid groups (broad SMARTS) is 2. The minimum absolute atomic E-state index is 0. The number of carbonyl (C=O) groups is 2. The van der Waals surface area contributed by atoms with E-state index in [9.17, 15) is 0 Å². The molecule has 0 aromatic carbocycles. The molecule has 0 heterocycles. The molecule has 23 heavy (non-hydrogen) atoms. The molecule has 0 radical (unpaired) electrons. The Bertz CT molecular complexity index is 317. The van der Waals surface area contributed by atoms with Crippen LogP contribution in [0.5, 0.6) is 0 Å². The summed E-state index contributed by atoms with van der Waals surface area (Å²) < 4.78 is 0. The van der Waals surface area contributed by atoms with Crippen molar-refractivity contribution in [3.8, 4) is 0 Å². The van der Waals surface area contributed by atoms with Crippen molar-refractivity contribution >= 4 is 30.8 Å². The Balaban J connectivity index is 0. The summed E-state index contributed by atoms with van der Waals surface area (Å²) in [5, 5.41) is 17.8. The Kier molecular flexibility index (Phi) is 13.8. The third-order valence-electron chi connectivity index (χ3n) is 4.09. The molecule has 0 amide bonds. The van der Waals surface area contributed by atoms with Gasteiger partial charge in [-0.15, -0.1) is 0 Å². The van der Waals surface area contributed by atoms with Crippen LogP contribution in [0.1, 0.15) is 52.4 Å². The molecule has 4 aliphatic carbocycles. The van der Waals surface area contributed by atoms with Crippen LogP contribution in [0.25, 0.3) is 0 Å². The Labute approximate surface area is 154 Å². The van der Waals surface area contributed by atoms with Gasteiger partial charge in [0.25, 0.3) is 0 Å². The molecule has 0 aromatic rings. The molecule has 0 atom stereocenters. The maximum absolute atomic E-state index is 8.89. The third-order valence-corrected chi connectivity index (χ3v) is 4.09. The van der Waals surface area contributed by atoms with Gasteiger partial charge >= 0.3 is 35.3 Å². The first-order chi connectivity index (χ1) is 10.1. The summed E-state index contributed by atoms with van der Waals surface area (Å²) in [6.07, 6.45) is 8.57. The molecule has 4 aliphatic rings. The number of halogens is 2. The first-order valence-electron chi connectivity index (χ1n) is 7.08. The molecule has 0 spiro atoms. The van der Waals surface area contributed by atoms with Crippen molar-refractivity contribution in [3.05, 3.63) is 0 Å². The van der Waals surface area contributed by atoms with Crippen LogP contribution in [0.15, 0.2) is 0 Å². The van der Waals surface area contributed by atoms with Gasteiger partial charge < -0.3 is 31.7 Å². The summed E-state index contributed by atoms with van der Waals surface area (Å²) >= 11 is -0.472. The predicted molar refractivity (Wildman–Crippen MR) is 83.2 cm³/mol. The van der Waals surface area contributed by atoms with E-state index in [0.29, 0.717) is 5.54 Å². The molecule has 4 bridgehead atoms. The van der Waals surface area contributed by atoms with E-state index < -0.39 is 28.4 Å². The van der Waals surface area contributed by atoms with Crippen molar-refractivity contribution < 1.29 is 36.3 Å². The van der Waals surface area contributed by atoms with E-state index in [1.165, 1.54) is 38.5 Å². The Hall–Kier alpha value is 0.128. The van der Waals surface area contributed by atoms with Crippen LogP contribution in [-0.4, -0.2) is 17.5 Å². The topological polar surface area (TPSA) is 141 Å². The van der Waals surface area contributed by atoms with Crippen LogP contribution >= 0.6 is 18.8 Å². The van der Waals surface area contributed by atoms with Crippen LogP contribution < -0.4 is 22.1 Å². The average molecular weight is 552 g/mol. The zero-order chi connectivity index (χ0) is 17.3. The third kappa shape index (κ3) is 12.2. The standard InChI is InChI=1S/C10H17N.2C2H4O2.2ClH.H3N.Pt/c11-10-4-7-1-8(5-10)3-9(2-7)6-10;2*1-2(3)4;;;;/h7-9H,1-6,11H2;2*1H3,(H,3,4);2*1H;1H3;/q;;;;;;+4/p-4. The van der Waals surface area contributed by atoms with Gasteiger partial charge in [0.2, 0.25) is 0 Å². The van der Waals surface area contributed by atoms with Crippen molar-refractivity contribution in [1.29, 1.82) is 0 Å². The van der Waals surface area contributed by atoms with Crippen molar-refractivity contribution in [1.82, 2.24) is 6.15 Å². The number of hydrogen-bond acceptors (Lipinski definition) is 6. The summed E-state index contributed by atoms with van der Waals surface area (Å²) in [5.41, 5.74) is 6.62.